The molecule has 1 heteroatoms. The second-order valence-electron chi connectivity index (χ2n) is 13.9. The van der Waals surface area contributed by atoms with Gasteiger partial charge in [-0.3, -0.25) is 0 Å². The zero-order valence-electron chi connectivity index (χ0n) is 20.7. The summed E-state index contributed by atoms with van der Waals surface area (Å²) < 4.78 is 0. The van der Waals surface area contributed by atoms with Gasteiger partial charge in [0.2, 0.25) is 0 Å². The molecule has 7 unspecified atom stereocenters. The summed E-state index contributed by atoms with van der Waals surface area (Å²) in [5.74, 6) is 4.36. The van der Waals surface area contributed by atoms with E-state index < -0.39 is 0 Å². The van der Waals surface area contributed by atoms with Gasteiger partial charge in [0, 0.05) is 0 Å². The molecule has 1 N–H and O–H groups in total. The van der Waals surface area contributed by atoms with Crippen LogP contribution in [-0.2, 0) is 0 Å². The highest BCUT2D eigenvalue weighted by atomic mass is 16.3. The van der Waals surface area contributed by atoms with Gasteiger partial charge in [0.25, 0.3) is 0 Å². The number of rotatable bonds is 3. The minimum atomic E-state index is -0.0311. The zero-order chi connectivity index (χ0) is 21.2. The third-order valence-corrected chi connectivity index (χ3v) is 11.6. The normalized spacial score (nSPS) is 52.6. The molecule has 4 aliphatic rings. The van der Waals surface area contributed by atoms with Gasteiger partial charge in [0.15, 0.2) is 0 Å². The zero-order valence-corrected chi connectivity index (χ0v) is 20.7. The van der Waals surface area contributed by atoms with E-state index in [2.05, 4.69) is 48.5 Å². The Hall–Kier alpha value is -0.0400. The van der Waals surface area contributed by atoms with Gasteiger partial charge in [0.05, 0.1) is 6.10 Å². The van der Waals surface area contributed by atoms with Crippen molar-refractivity contribution in [3.63, 3.8) is 0 Å². The first-order valence-electron chi connectivity index (χ1n) is 13.1. The minimum Gasteiger partial charge on any atom is -0.393 e. The molecular weight excluding hydrogens is 352 g/mol. The summed E-state index contributed by atoms with van der Waals surface area (Å²) >= 11 is 0. The Morgan fingerprint density at radius 3 is 2.17 bits per heavy atom. The fourth-order valence-corrected chi connectivity index (χ4v) is 9.50. The van der Waals surface area contributed by atoms with Gasteiger partial charge in [-0.1, -0.05) is 54.9 Å². The van der Waals surface area contributed by atoms with Crippen molar-refractivity contribution in [2.24, 2.45) is 51.2 Å². The lowest BCUT2D eigenvalue weighted by atomic mass is 9.39. The number of aliphatic hydroxyl groups is 1. The molecule has 0 aliphatic heterocycles. The summed E-state index contributed by atoms with van der Waals surface area (Å²) in [6, 6.07) is 0. The molecule has 4 rings (SSSR count). The smallest absolute Gasteiger partial charge is 0.0543 e. The van der Waals surface area contributed by atoms with Crippen molar-refractivity contribution in [3.8, 4) is 0 Å². The molecule has 0 aromatic carbocycles. The van der Waals surface area contributed by atoms with Crippen LogP contribution in [0.1, 0.15) is 119 Å². The van der Waals surface area contributed by atoms with Crippen LogP contribution in [0.4, 0.5) is 0 Å². The molecule has 0 spiro atoms. The van der Waals surface area contributed by atoms with E-state index in [1.807, 2.05) is 0 Å². The molecule has 0 heterocycles. The molecule has 0 amide bonds. The molecule has 4 fully saturated rings. The molecule has 1 nitrogen and oxygen atoms in total. The predicted molar refractivity (Wildman–Crippen MR) is 124 cm³/mol. The van der Waals surface area contributed by atoms with Gasteiger partial charge in [-0.05, 0) is 115 Å². The van der Waals surface area contributed by atoms with Crippen molar-refractivity contribution in [1.29, 1.82) is 0 Å². The van der Waals surface area contributed by atoms with E-state index in [0.29, 0.717) is 21.7 Å². The van der Waals surface area contributed by atoms with Gasteiger partial charge in [0.1, 0.15) is 0 Å². The summed E-state index contributed by atoms with van der Waals surface area (Å²) in [7, 11) is 0. The Balaban J connectivity index is 1.62. The Kier molecular flexibility index (Phi) is 5.54. The van der Waals surface area contributed by atoms with Crippen molar-refractivity contribution in [1.82, 2.24) is 0 Å². The fraction of sp³-hybridized carbons (Fsp3) is 1.00. The number of fused-ring (bicyclic) bond motifs is 5. The molecule has 0 bridgehead atoms. The van der Waals surface area contributed by atoms with E-state index in [1.165, 1.54) is 57.8 Å². The molecule has 168 valence electrons. The molecule has 29 heavy (non-hydrogen) atoms. The van der Waals surface area contributed by atoms with Crippen molar-refractivity contribution in [2.45, 2.75) is 125 Å². The van der Waals surface area contributed by atoms with Gasteiger partial charge < -0.3 is 5.11 Å². The SMILES string of the molecule is CC[C@H]1CC2C(CCC3(C)C(CCC(C)(C)C)CCC23C)C2(C)CC[C@@H](O)CC12. The number of hydrogen-bond donors (Lipinski definition) is 1. The molecule has 4 aliphatic carbocycles. The van der Waals surface area contributed by atoms with E-state index in [0.717, 1.165) is 42.4 Å². The topological polar surface area (TPSA) is 20.2 Å². The third-order valence-electron chi connectivity index (χ3n) is 11.6. The molecule has 0 aromatic rings. The maximum atomic E-state index is 10.5. The van der Waals surface area contributed by atoms with E-state index >= 15 is 0 Å². The molecule has 4 saturated carbocycles. The number of hydrogen-bond acceptors (Lipinski definition) is 1. The van der Waals surface area contributed by atoms with Gasteiger partial charge in [-0.2, -0.15) is 0 Å². The lowest BCUT2D eigenvalue weighted by Crippen LogP contribution is -2.59. The van der Waals surface area contributed by atoms with Crippen LogP contribution in [0.5, 0.6) is 0 Å². The van der Waals surface area contributed by atoms with Crippen LogP contribution in [-0.4, -0.2) is 11.2 Å². The highest BCUT2D eigenvalue weighted by Crippen LogP contribution is 2.74. The first kappa shape index (κ1) is 22.2. The Morgan fingerprint density at radius 1 is 0.828 bits per heavy atom. The Morgan fingerprint density at radius 2 is 1.52 bits per heavy atom. The average Bonchev–Trinajstić information content (AvgIpc) is 2.91. The maximum Gasteiger partial charge on any atom is 0.0543 e. The fourth-order valence-electron chi connectivity index (χ4n) is 9.50. The van der Waals surface area contributed by atoms with Crippen LogP contribution in [0.3, 0.4) is 0 Å². The van der Waals surface area contributed by atoms with Gasteiger partial charge in [-0.15, -0.1) is 0 Å². The van der Waals surface area contributed by atoms with Crippen molar-refractivity contribution in [2.75, 3.05) is 0 Å². The van der Waals surface area contributed by atoms with Crippen molar-refractivity contribution < 1.29 is 5.11 Å². The van der Waals surface area contributed by atoms with Crippen molar-refractivity contribution >= 4 is 0 Å². The largest absolute Gasteiger partial charge is 0.393 e. The highest BCUT2D eigenvalue weighted by Gasteiger charge is 2.66. The third kappa shape index (κ3) is 3.35. The summed E-state index contributed by atoms with van der Waals surface area (Å²) in [6.45, 7) is 17.8. The monoisotopic (exact) mass is 402 g/mol. The summed E-state index contributed by atoms with van der Waals surface area (Å²) in [6.07, 6.45) is 14.8. The van der Waals surface area contributed by atoms with Crippen LogP contribution < -0.4 is 0 Å². The molecule has 0 radical (unpaired) electrons. The quantitative estimate of drug-likeness (QED) is 0.509. The van der Waals surface area contributed by atoms with Gasteiger partial charge in [-0.25, -0.2) is 0 Å². The Bertz CT molecular complexity index is 604. The standard InChI is InChI=1S/C28H50O/c1-8-19-17-24-22(26(5)14-11-21(29)18-23(19)26)12-16-27(6)20(9-13-25(2,3)4)10-15-28(24,27)7/h19-24,29H,8-18H2,1-7H3/t19-,20?,21+,22?,23?,24?,26?,27?,28?/m0/s1. The van der Waals surface area contributed by atoms with Crippen molar-refractivity contribution in [3.05, 3.63) is 0 Å². The first-order chi connectivity index (χ1) is 13.4. The molecule has 0 aromatic heterocycles. The van der Waals surface area contributed by atoms with Crippen LogP contribution in [0, 0.1) is 51.2 Å². The summed E-state index contributed by atoms with van der Waals surface area (Å²) in [5, 5.41) is 10.5. The molecular formula is C28H50O. The Labute approximate surface area is 181 Å². The average molecular weight is 403 g/mol. The van der Waals surface area contributed by atoms with Crippen LogP contribution in [0.15, 0.2) is 0 Å². The van der Waals surface area contributed by atoms with Gasteiger partial charge >= 0.3 is 0 Å². The predicted octanol–water partition coefficient (Wildman–Crippen LogP) is 7.86. The van der Waals surface area contributed by atoms with Crippen LogP contribution >= 0.6 is 0 Å². The molecule has 9 atom stereocenters. The maximum absolute atomic E-state index is 10.5. The van der Waals surface area contributed by atoms with E-state index in [9.17, 15) is 5.11 Å². The lowest BCUT2D eigenvalue weighted by Gasteiger charge is -2.66. The highest BCUT2D eigenvalue weighted by molar-refractivity contribution is 5.15. The van der Waals surface area contributed by atoms with E-state index in [-0.39, 0.29) is 6.10 Å². The van der Waals surface area contributed by atoms with E-state index in [1.54, 1.807) is 0 Å². The second kappa shape index (κ2) is 7.25. The lowest BCUT2D eigenvalue weighted by molar-refractivity contribution is -0.182. The van der Waals surface area contributed by atoms with E-state index in [4.69, 9.17) is 0 Å². The summed E-state index contributed by atoms with van der Waals surface area (Å²) in [5.41, 5.74) is 2.04. The minimum absolute atomic E-state index is 0.0311. The first-order valence-corrected chi connectivity index (χ1v) is 13.1. The van der Waals surface area contributed by atoms with Crippen LogP contribution in [0.25, 0.3) is 0 Å². The number of aliphatic hydroxyl groups excluding tert-OH is 1. The second-order valence-corrected chi connectivity index (χ2v) is 13.9. The molecule has 0 saturated heterocycles. The van der Waals surface area contributed by atoms with Crippen LogP contribution in [0.2, 0.25) is 0 Å². The summed E-state index contributed by atoms with van der Waals surface area (Å²) in [4.78, 5) is 0.